The van der Waals surface area contributed by atoms with E-state index in [1.54, 1.807) is 36.4 Å². The molecule has 0 atom stereocenters. The Bertz CT molecular complexity index is 969. The molecule has 0 saturated carbocycles. The van der Waals surface area contributed by atoms with Crippen molar-refractivity contribution in [2.24, 2.45) is 0 Å². The third-order valence-electron chi connectivity index (χ3n) is 3.43. The minimum absolute atomic E-state index is 0.0675. The summed E-state index contributed by atoms with van der Waals surface area (Å²) in [5.41, 5.74) is 1.92. The van der Waals surface area contributed by atoms with Crippen LogP contribution in [0, 0.1) is 5.82 Å². The van der Waals surface area contributed by atoms with Crippen LogP contribution in [0.15, 0.2) is 60.7 Å². The first-order chi connectivity index (χ1) is 12.5. The van der Waals surface area contributed by atoms with Crippen LogP contribution in [-0.2, 0) is 17.4 Å². The van der Waals surface area contributed by atoms with Gasteiger partial charge in [0.05, 0.1) is 17.9 Å². The van der Waals surface area contributed by atoms with Crippen LogP contribution in [0.1, 0.15) is 5.69 Å². The van der Waals surface area contributed by atoms with Gasteiger partial charge in [-0.15, -0.1) is 0 Å². The number of nitrogens with zero attached hydrogens (tertiary/aromatic N) is 1. The highest BCUT2D eigenvalue weighted by Gasteiger charge is 2.06. The summed E-state index contributed by atoms with van der Waals surface area (Å²) in [6.45, 7) is 0.0675. The molecule has 0 amide bonds. The molecule has 5 nitrogen and oxygen atoms in total. The Morgan fingerprint density at radius 3 is 2.23 bits per heavy atom. The van der Waals surface area contributed by atoms with Crippen LogP contribution in [-0.4, -0.2) is 13.4 Å². The topological polar surface area (TPSA) is 68.3 Å². The van der Waals surface area contributed by atoms with Gasteiger partial charge in [-0.25, -0.2) is 17.5 Å². The summed E-state index contributed by atoms with van der Waals surface area (Å²) in [4.78, 5) is 4.40. The fourth-order valence-corrected chi connectivity index (χ4v) is 2.79. The molecule has 134 valence electrons. The van der Waals surface area contributed by atoms with E-state index in [1.807, 2.05) is 12.1 Å². The first-order valence-corrected chi connectivity index (χ1v) is 9.13. The number of nitrogens with one attached hydrogen (secondary N) is 1. The molecule has 0 saturated heterocycles. The Kier molecular flexibility index (Phi) is 5.82. The monoisotopic (exact) mass is 392 g/mol. The van der Waals surface area contributed by atoms with E-state index in [4.69, 9.17) is 16.3 Å². The van der Waals surface area contributed by atoms with Crippen molar-refractivity contribution in [3.63, 3.8) is 0 Å². The lowest BCUT2D eigenvalue weighted by molar-refractivity contribution is 0.480. The normalized spacial score (nSPS) is 10.9. The van der Waals surface area contributed by atoms with E-state index in [0.29, 0.717) is 27.9 Å². The van der Waals surface area contributed by atoms with Gasteiger partial charge in [-0.1, -0.05) is 11.6 Å². The number of hydrogen-bond donors (Lipinski definition) is 2. The van der Waals surface area contributed by atoms with Crippen LogP contribution in [0.5, 0.6) is 11.5 Å². The standard InChI is InChI=1S/C18H14ClFN2O3S/c19-13-9-15(11-21-26(23)24)22-18(10-13)12-1-5-16(6-2-12)25-17-7-3-14(20)4-8-17/h1-10,26H,11H2,(H,21,23,24). The predicted molar refractivity (Wildman–Crippen MR) is 98.3 cm³/mol. The quantitative estimate of drug-likeness (QED) is 0.623. The van der Waals surface area contributed by atoms with E-state index in [1.165, 1.54) is 12.1 Å². The number of halogens is 2. The van der Waals surface area contributed by atoms with Crippen LogP contribution in [0.4, 0.5) is 4.39 Å². The molecule has 0 bridgehead atoms. The molecule has 1 heterocycles. The lowest BCUT2D eigenvalue weighted by Crippen LogP contribution is -2.11. The number of ether oxygens (including phenoxy) is 1. The summed E-state index contributed by atoms with van der Waals surface area (Å²) in [6.07, 6.45) is 0. The van der Waals surface area contributed by atoms with E-state index in [9.17, 15) is 12.8 Å². The van der Waals surface area contributed by atoms with Gasteiger partial charge in [0.15, 0.2) is 0 Å². The van der Waals surface area contributed by atoms with Gasteiger partial charge in [-0.3, -0.25) is 4.98 Å². The van der Waals surface area contributed by atoms with Crippen molar-refractivity contribution >= 4 is 22.5 Å². The molecule has 0 fully saturated rings. The first kappa shape index (κ1) is 18.3. The Balaban J connectivity index is 1.78. The van der Waals surface area contributed by atoms with Gasteiger partial charge >= 0.3 is 0 Å². The average molecular weight is 393 g/mol. The fourth-order valence-electron chi connectivity index (χ4n) is 2.27. The largest absolute Gasteiger partial charge is 0.457 e. The number of hydrogen-bond acceptors (Lipinski definition) is 4. The van der Waals surface area contributed by atoms with Gasteiger partial charge < -0.3 is 4.74 Å². The van der Waals surface area contributed by atoms with E-state index < -0.39 is 10.9 Å². The molecule has 1 N–H and O–H groups in total. The third-order valence-corrected chi connectivity index (χ3v) is 4.07. The molecule has 26 heavy (non-hydrogen) atoms. The minimum atomic E-state index is -2.70. The number of rotatable bonds is 6. The maximum Gasteiger partial charge on any atom is 0.201 e. The molecule has 0 aliphatic carbocycles. The second kappa shape index (κ2) is 8.27. The van der Waals surface area contributed by atoms with Crippen LogP contribution >= 0.6 is 11.6 Å². The molecule has 0 spiro atoms. The Labute approximate surface area is 156 Å². The highest BCUT2D eigenvalue weighted by Crippen LogP contribution is 2.26. The maximum atomic E-state index is 12.9. The van der Waals surface area contributed by atoms with Crippen molar-refractivity contribution in [2.45, 2.75) is 6.54 Å². The molecule has 1 aromatic heterocycles. The van der Waals surface area contributed by atoms with Crippen molar-refractivity contribution < 1.29 is 17.5 Å². The van der Waals surface area contributed by atoms with Gasteiger partial charge in [0.25, 0.3) is 0 Å². The van der Waals surface area contributed by atoms with E-state index in [-0.39, 0.29) is 12.4 Å². The Morgan fingerprint density at radius 2 is 1.62 bits per heavy atom. The van der Waals surface area contributed by atoms with Crippen LogP contribution in [0.3, 0.4) is 0 Å². The summed E-state index contributed by atoms with van der Waals surface area (Å²) in [7, 11) is -2.70. The third kappa shape index (κ3) is 5.01. The molecule has 8 heteroatoms. The van der Waals surface area contributed by atoms with E-state index in [0.717, 1.165) is 5.56 Å². The minimum Gasteiger partial charge on any atom is -0.457 e. The van der Waals surface area contributed by atoms with Crippen LogP contribution in [0.25, 0.3) is 11.3 Å². The predicted octanol–water partition coefficient (Wildman–Crippen LogP) is 3.95. The molecular weight excluding hydrogens is 379 g/mol. The summed E-state index contributed by atoms with van der Waals surface area (Å²) < 4.78 is 42.2. The highest BCUT2D eigenvalue weighted by atomic mass is 35.5. The zero-order chi connectivity index (χ0) is 18.5. The SMILES string of the molecule is O=[SH](=O)NCc1cc(Cl)cc(-c2ccc(Oc3ccc(F)cc3)cc2)n1. The second-order valence-electron chi connectivity index (χ2n) is 5.33. The summed E-state index contributed by atoms with van der Waals surface area (Å²) in [6, 6.07) is 16.2. The lowest BCUT2D eigenvalue weighted by Gasteiger charge is -2.08. The molecular formula is C18H14ClFN2O3S. The fraction of sp³-hybridized carbons (Fsp3) is 0.0556. The molecule has 0 unspecified atom stereocenters. The van der Waals surface area contributed by atoms with Crippen LogP contribution < -0.4 is 9.46 Å². The van der Waals surface area contributed by atoms with E-state index in [2.05, 4.69) is 9.71 Å². The number of aromatic nitrogens is 1. The van der Waals surface area contributed by atoms with Gasteiger partial charge in [0, 0.05) is 10.6 Å². The van der Waals surface area contributed by atoms with Crippen molar-refractivity contribution in [1.82, 2.24) is 9.71 Å². The average Bonchev–Trinajstić information content (AvgIpc) is 2.62. The Morgan fingerprint density at radius 1 is 1.00 bits per heavy atom. The van der Waals surface area contributed by atoms with Gasteiger partial charge in [-0.05, 0) is 60.7 Å². The smallest absolute Gasteiger partial charge is 0.201 e. The van der Waals surface area contributed by atoms with Crippen LogP contribution in [0.2, 0.25) is 5.02 Å². The zero-order valence-corrected chi connectivity index (χ0v) is 15.0. The molecule has 3 rings (SSSR count). The van der Waals surface area contributed by atoms with Gasteiger partial charge in [-0.2, -0.15) is 0 Å². The summed E-state index contributed by atoms with van der Waals surface area (Å²) >= 11 is 6.09. The number of benzene rings is 2. The van der Waals surface area contributed by atoms with Crippen molar-refractivity contribution in [2.75, 3.05) is 0 Å². The number of thiol groups is 1. The van der Waals surface area contributed by atoms with Crippen molar-refractivity contribution in [3.8, 4) is 22.8 Å². The second-order valence-corrected chi connectivity index (χ2v) is 6.60. The zero-order valence-electron chi connectivity index (χ0n) is 13.4. The highest BCUT2D eigenvalue weighted by molar-refractivity contribution is 7.70. The summed E-state index contributed by atoms with van der Waals surface area (Å²) in [5, 5.41) is 0.458. The molecule has 0 aliphatic heterocycles. The molecule has 3 aromatic rings. The maximum absolute atomic E-state index is 12.9. The molecule has 0 radical (unpaired) electrons. The first-order valence-electron chi connectivity index (χ1n) is 7.58. The molecule has 0 aliphatic rings. The molecule has 2 aromatic carbocycles. The van der Waals surface area contributed by atoms with Gasteiger partial charge in [0.2, 0.25) is 10.9 Å². The van der Waals surface area contributed by atoms with Crippen molar-refractivity contribution in [1.29, 1.82) is 0 Å². The van der Waals surface area contributed by atoms with Crippen molar-refractivity contribution in [3.05, 3.63) is 77.2 Å². The van der Waals surface area contributed by atoms with E-state index >= 15 is 0 Å². The Hall–Kier alpha value is -2.48. The van der Waals surface area contributed by atoms with Gasteiger partial charge in [0.1, 0.15) is 17.3 Å². The lowest BCUT2D eigenvalue weighted by atomic mass is 10.1. The summed E-state index contributed by atoms with van der Waals surface area (Å²) in [5.74, 6) is 0.791. The number of pyridine rings is 1.